The first-order valence-electron chi connectivity index (χ1n) is 7.30. The molecule has 0 aliphatic carbocycles. The number of hydrogen-bond donors (Lipinski definition) is 2. The van der Waals surface area contributed by atoms with Crippen LogP contribution in [0.1, 0.15) is 38.1 Å². The predicted octanol–water partition coefficient (Wildman–Crippen LogP) is 2.01. The summed E-state index contributed by atoms with van der Waals surface area (Å²) >= 11 is 0. The monoisotopic (exact) mass is 326 g/mol. The van der Waals surface area contributed by atoms with Gasteiger partial charge in [0.2, 0.25) is 0 Å². The fraction of sp³-hybridized carbons (Fsp3) is 0.533. The van der Waals surface area contributed by atoms with Gasteiger partial charge in [-0.1, -0.05) is 0 Å². The second kappa shape index (κ2) is 8.30. The molecule has 1 aromatic rings. The summed E-state index contributed by atoms with van der Waals surface area (Å²) in [5, 5.41) is 9.12. The van der Waals surface area contributed by atoms with Crippen molar-refractivity contribution in [2.75, 3.05) is 13.1 Å². The predicted molar refractivity (Wildman–Crippen MR) is 83.7 cm³/mol. The number of alkyl carbamates (subject to hydrolysis) is 1. The lowest BCUT2D eigenvalue weighted by atomic mass is 10.2. The molecule has 0 aliphatic heterocycles. The van der Waals surface area contributed by atoms with Crippen LogP contribution in [0.4, 0.5) is 9.18 Å². The van der Waals surface area contributed by atoms with Crippen molar-refractivity contribution in [2.24, 2.45) is 0 Å². The van der Waals surface area contributed by atoms with E-state index in [1.807, 2.05) is 6.92 Å². The van der Waals surface area contributed by atoms with E-state index >= 15 is 0 Å². The van der Waals surface area contributed by atoms with Gasteiger partial charge in [-0.05, 0) is 33.3 Å². The molecule has 0 saturated carbocycles. The van der Waals surface area contributed by atoms with Gasteiger partial charge < -0.3 is 15.4 Å². The summed E-state index contributed by atoms with van der Waals surface area (Å²) in [6.45, 7) is 7.66. The average molecular weight is 326 g/mol. The van der Waals surface area contributed by atoms with Crippen molar-refractivity contribution in [3.05, 3.63) is 29.9 Å². The number of nitrogens with one attached hydrogen (secondary N) is 2. The van der Waals surface area contributed by atoms with Gasteiger partial charge >= 0.3 is 6.09 Å². The second-order valence-corrected chi connectivity index (χ2v) is 5.91. The average Bonchev–Trinajstić information content (AvgIpc) is 2.90. The maximum Gasteiger partial charge on any atom is 0.407 e. The van der Waals surface area contributed by atoms with Crippen LogP contribution in [0, 0.1) is 0 Å². The molecule has 2 amide bonds. The topological polar surface area (TPSA) is 85.3 Å². The summed E-state index contributed by atoms with van der Waals surface area (Å²) in [4.78, 5) is 23.2. The van der Waals surface area contributed by atoms with Gasteiger partial charge in [0.05, 0.1) is 24.6 Å². The maximum atomic E-state index is 12.9. The third-order valence-corrected chi connectivity index (χ3v) is 2.61. The Balaban J connectivity index is 2.54. The van der Waals surface area contributed by atoms with Crippen molar-refractivity contribution in [2.45, 2.75) is 39.8 Å². The van der Waals surface area contributed by atoms with Crippen LogP contribution < -0.4 is 10.6 Å². The molecule has 0 fully saturated rings. The van der Waals surface area contributed by atoms with Crippen molar-refractivity contribution >= 4 is 12.0 Å². The van der Waals surface area contributed by atoms with E-state index in [-0.39, 0.29) is 19.0 Å². The van der Waals surface area contributed by atoms with Gasteiger partial charge in [0.25, 0.3) is 5.91 Å². The van der Waals surface area contributed by atoms with Crippen LogP contribution in [-0.2, 0) is 11.3 Å². The molecule has 0 saturated heterocycles. The van der Waals surface area contributed by atoms with Crippen LogP contribution in [0.3, 0.4) is 0 Å². The minimum atomic E-state index is -0.625. The zero-order valence-corrected chi connectivity index (χ0v) is 13.9. The first-order chi connectivity index (χ1) is 10.7. The molecule has 1 heterocycles. The molecule has 0 spiro atoms. The Hall–Kier alpha value is -2.38. The highest BCUT2D eigenvalue weighted by Crippen LogP contribution is 2.07. The second-order valence-electron chi connectivity index (χ2n) is 5.91. The maximum absolute atomic E-state index is 12.9. The van der Waals surface area contributed by atoms with E-state index in [0.29, 0.717) is 24.0 Å². The van der Waals surface area contributed by atoms with Crippen molar-refractivity contribution in [3.8, 4) is 0 Å². The van der Waals surface area contributed by atoms with Crippen LogP contribution in [0.2, 0.25) is 0 Å². The quantitative estimate of drug-likeness (QED) is 0.837. The lowest BCUT2D eigenvalue weighted by molar-refractivity contribution is 0.0532. The Morgan fingerprint density at radius 3 is 2.65 bits per heavy atom. The summed E-state index contributed by atoms with van der Waals surface area (Å²) in [5.74, 6) is -0.239. The molecule has 7 nitrogen and oxygen atoms in total. The van der Waals surface area contributed by atoms with E-state index in [9.17, 15) is 14.0 Å². The number of amides is 2. The van der Waals surface area contributed by atoms with Gasteiger partial charge in [-0.15, -0.1) is 0 Å². The third kappa shape index (κ3) is 6.94. The Kier molecular flexibility index (Phi) is 6.74. The fourth-order valence-corrected chi connectivity index (χ4v) is 1.67. The van der Waals surface area contributed by atoms with Crippen LogP contribution in [-0.4, -0.2) is 40.5 Å². The van der Waals surface area contributed by atoms with Gasteiger partial charge in [-0.25, -0.2) is 9.18 Å². The SMILES string of the molecule is CCNC(=O)c1cnn(C/C(=C/F)CNC(=O)OC(C)(C)C)c1. The van der Waals surface area contributed by atoms with Gasteiger partial charge in [0, 0.05) is 19.3 Å². The van der Waals surface area contributed by atoms with E-state index in [0.717, 1.165) is 0 Å². The van der Waals surface area contributed by atoms with E-state index < -0.39 is 11.7 Å². The molecule has 0 bridgehead atoms. The Morgan fingerprint density at radius 1 is 1.39 bits per heavy atom. The van der Waals surface area contributed by atoms with E-state index in [4.69, 9.17) is 4.74 Å². The van der Waals surface area contributed by atoms with Crippen LogP contribution in [0.25, 0.3) is 0 Å². The third-order valence-electron chi connectivity index (χ3n) is 2.61. The normalized spacial score (nSPS) is 12.0. The molecule has 0 aromatic carbocycles. The van der Waals surface area contributed by atoms with Gasteiger partial charge in [0.1, 0.15) is 5.60 Å². The number of carbonyl (C=O) groups excluding carboxylic acids is 2. The van der Waals surface area contributed by atoms with Crippen molar-refractivity contribution < 1.29 is 18.7 Å². The number of aromatic nitrogens is 2. The minimum absolute atomic E-state index is 0.0121. The lowest BCUT2D eigenvalue weighted by Crippen LogP contribution is -2.34. The molecule has 0 unspecified atom stereocenters. The number of hydrogen-bond acceptors (Lipinski definition) is 4. The van der Waals surface area contributed by atoms with Crippen molar-refractivity contribution in [1.29, 1.82) is 0 Å². The first-order valence-corrected chi connectivity index (χ1v) is 7.30. The molecule has 0 radical (unpaired) electrons. The van der Waals surface area contributed by atoms with Crippen molar-refractivity contribution in [1.82, 2.24) is 20.4 Å². The molecule has 128 valence electrons. The molecule has 2 N–H and O–H groups in total. The Bertz CT molecular complexity index is 576. The van der Waals surface area contributed by atoms with Gasteiger partial charge in [0.15, 0.2) is 0 Å². The zero-order chi connectivity index (χ0) is 17.5. The van der Waals surface area contributed by atoms with E-state index in [1.165, 1.54) is 17.1 Å². The standard InChI is InChI=1S/C15H23FN4O3/c1-5-17-13(21)12-8-19-20(10-12)9-11(6-16)7-18-14(22)23-15(2,3)4/h6,8,10H,5,7,9H2,1-4H3,(H,17,21)(H,18,22)/b11-6+. The molecular formula is C15H23FN4O3. The lowest BCUT2D eigenvalue weighted by Gasteiger charge is -2.20. The summed E-state index contributed by atoms with van der Waals surface area (Å²) in [7, 11) is 0. The number of halogens is 1. The van der Waals surface area contributed by atoms with Gasteiger partial charge in [-0.2, -0.15) is 5.10 Å². The highest BCUT2D eigenvalue weighted by Gasteiger charge is 2.16. The zero-order valence-electron chi connectivity index (χ0n) is 13.9. The summed E-state index contributed by atoms with van der Waals surface area (Å²) in [5.41, 5.74) is 0.0688. The molecule has 0 aliphatic rings. The largest absolute Gasteiger partial charge is 0.444 e. The minimum Gasteiger partial charge on any atom is -0.444 e. The van der Waals surface area contributed by atoms with Crippen LogP contribution >= 0.6 is 0 Å². The summed E-state index contributed by atoms with van der Waals surface area (Å²) in [6, 6.07) is 0. The van der Waals surface area contributed by atoms with Gasteiger partial charge in [-0.3, -0.25) is 9.48 Å². The number of nitrogens with zero attached hydrogens (tertiary/aromatic N) is 2. The highest BCUT2D eigenvalue weighted by atomic mass is 19.1. The summed E-state index contributed by atoms with van der Waals surface area (Å²) in [6.07, 6.45) is 2.70. The molecular weight excluding hydrogens is 303 g/mol. The molecule has 23 heavy (non-hydrogen) atoms. The fourth-order valence-electron chi connectivity index (χ4n) is 1.67. The van der Waals surface area contributed by atoms with E-state index in [1.54, 1.807) is 20.8 Å². The smallest absolute Gasteiger partial charge is 0.407 e. The van der Waals surface area contributed by atoms with Crippen LogP contribution in [0.15, 0.2) is 24.3 Å². The highest BCUT2D eigenvalue weighted by molar-refractivity contribution is 5.93. The van der Waals surface area contributed by atoms with E-state index in [2.05, 4.69) is 15.7 Å². The Labute approximate surface area is 134 Å². The van der Waals surface area contributed by atoms with Crippen molar-refractivity contribution in [3.63, 3.8) is 0 Å². The molecule has 8 heteroatoms. The molecule has 1 rings (SSSR count). The Morgan fingerprint density at radius 2 is 2.09 bits per heavy atom. The molecule has 0 atom stereocenters. The number of carbonyl (C=O) groups is 2. The number of ether oxygens (including phenoxy) is 1. The first kappa shape index (κ1) is 18.7. The number of rotatable bonds is 6. The van der Waals surface area contributed by atoms with Crippen LogP contribution in [0.5, 0.6) is 0 Å². The summed E-state index contributed by atoms with van der Waals surface area (Å²) < 4.78 is 19.4. The molecule has 1 aromatic heterocycles.